The number of nitrogens with one attached hydrogen (secondary N) is 2. The summed E-state index contributed by atoms with van der Waals surface area (Å²) >= 11 is 5.97. The molecule has 0 saturated carbocycles. The van der Waals surface area contributed by atoms with E-state index in [1.165, 1.54) is 12.1 Å². The lowest BCUT2D eigenvalue weighted by atomic mass is 10.2. The van der Waals surface area contributed by atoms with E-state index in [2.05, 4.69) is 25.5 Å². The van der Waals surface area contributed by atoms with Crippen molar-refractivity contribution in [3.05, 3.63) is 46.2 Å². The number of halogens is 4. The first-order valence-corrected chi connectivity index (χ1v) is 9.53. The molecule has 29 heavy (non-hydrogen) atoms. The lowest BCUT2D eigenvalue weighted by Crippen LogP contribution is -2.38. The van der Waals surface area contributed by atoms with E-state index >= 15 is 0 Å². The quantitative estimate of drug-likeness (QED) is 0.212. The highest BCUT2D eigenvalue weighted by Crippen LogP contribution is 2.25. The van der Waals surface area contributed by atoms with Gasteiger partial charge in [0.15, 0.2) is 5.96 Å². The molecule has 10 heteroatoms. The Morgan fingerprint density at radius 1 is 1.28 bits per heavy atom. The van der Waals surface area contributed by atoms with Crippen LogP contribution in [0.1, 0.15) is 30.3 Å². The summed E-state index contributed by atoms with van der Waals surface area (Å²) in [5.74, 6) is 0.669. The molecule has 2 N–H and O–H groups in total. The third kappa shape index (κ3) is 8.73. The predicted molar refractivity (Wildman–Crippen MR) is 123 cm³/mol. The summed E-state index contributed by atoms with van der Waals surface area (Å²) in [5.41, 5.74) is 2.63. The molecule has 6 nitrogen and oxygen atoms in total. The van der Waals surface area contributed by atoms with E-state index in [9.17, 15) is 8.78 Å². The zero-order chi connectivity index (χ0) is 20.5. The fourth-order valence-corrected chi connectivity index (χ4v) is 2.92. The molecule has 0 amide bonds. The second kappa shape index (κ2) is 12.8. The fourth-order valence-electron chi connectivity index (χ4n) is 2.73. The Kier molecular flexibility index (Phi) is 11.3. The second-order valence-electron chi connectivity index (χ2n) is 6.26. The largest absolute Gasteiger partial charge is 0.434 e. The molecule has 1 heterocycles. The molecule has 0 saturated heterocycles. The predicted octanol–water partition coefficient (Wildman–Crippen LogP) is 4.52. The average Bonchev–Trinajstić information content (AvgIpc) is 2.95. The Labute approximate surface area is 192 Å². The van der Waals surface area contributed by atoms with Gasteiger partial charge in [-0.05, 0) is 51.5 Å². The number of rotatable bonds is 9. The summed E-state index contributed by atoms with van der Waals surface area (Å²) in [7, 11) is 0. The van der Waals surface area contributed by atoms with E-state index in [-0.39, 0.29) is 36.3 Å². The molecule has 0 aliphatic carbocycles. The van der Waals surface area contributed by atoms with E-state index < -0.39 is 6.61 Å². The zero-order valence-corrected chi connectivity index (χ0v) is 19.8. The first kappa shape index (κ1) is 25.4. The van der Waals surface area contributed by atoms with Crippen LogP contribution in [0.4, 0.5) is 8.78 Å². The van der Waals surface area contributed by atoms with Crippen molar-refractivity contribution in [2.45, 2.75) is 46.9 Å². The molecule has 0 bridgehead atoms. The second-order valence-corrected chi connectivity index (χ2v) is 6.69. The van der Waals surface area contributed by atoms with Gasteiger partial charge in [0.2, 0.25) is 0 Å². The minimum atomic E-state index is -2.90. The number of alkyl halides is 2. The van der Waals surface area contributed by atoms with Crippen LogP contribution in [0.15, 0.2) is 29.3 Å². The number of hydrogen-bond acceptors (Lipinski definition) is 3. The molecule has 2 aromatic rings. The minimum absolute atomic E-state index is 0. The number of guanidine groups is 1. The number of aryl methyl sites for hydroxylation is 3. The molecule has 0 aliphatic heterocycles. The van der Waals surface area contributed by atoms with Crippen LogP contribution < -0.4 is 15.4 Å². The van der Waals surface area contributed by atoms with Gasteiger partial charge in [0.25, 0.3) is 0 Å². The zero-order valence-electron chi connectivity index (χ0n) is 16.7. The molecule has 0 unspecified atom stereocenters. The van der Waals surface area contributed by atoms with Crippen molar-refractivity contribution in [2.24, 2.45) is 4.99 Å². The number of aliphatic imine (C=N–C) groups is 1. The Bertz CT molecular complexity index is 801. The van der Waals surface area contributed by atoms with Crippen LogP contribution in [0, 0.1) is 13.8 Å². The molecule has 0 aliphatic rings. The third-order valence-corrected chi connectivity index (χ3v) is 4.17. The maximum absolute atomic E-state index is 12.6. The van der Waals surface area contributed by atoms with Crippen LogP contribution >= 0.6 is 35.6 Å². The summed E-state index contributed by atoms with van der Waals surface area (Å²) in [4.78, 5) is 4.45. The van der Waals surface area contributed by atoms with E-state index in [1.807, 2.05) is 31.5 Å². The highest BCUT2D eigenvalue weighted by Gasteiger charge is 2.10. The van der Waals surface area contributed by atoms with Gasteiger partial charge in [-0.25, -0.2) is 4.99 Å². The normalized spacial score (nSPS) is 11.3. The molecule has 1 aromatic heterocycles. The number of benzene rings is 1. The van der Waals surface area contributed by atoms with Crippen molar-refractivity contribution in [1.82, 2.24) is 20.4 Å². The van der Waals surface area contributed by atoms with Crippen LogP contribution in [0.2, 0.25) is 5.02 Å². The molecule has 0 spiro atoms. The number of ether oxygens (including phenoxy) is 1. The smallest absolute Gasteiger partial charge is 0.387 e. The van der Waals surface area contributed by atoms with Crippen molar-refractivity contribution in [2.75, 3.05) is 13.1 Å². The molecule has 162 valence electrons. The van der Waals surface area contributed by atoms with Gasteiger partial charge in [0.1, 0.15) is 5.75 Å². The van der Waals surface area contributed by atoms with Crippen molar-refractivity contribution < 1.29 is 13.5 Å². The summed E-state index contributed by atoms with van der Waals surface area (Å²) < 4.78 is 31.7. The van der Waals surface area contributed by atoms with E-state index in [0.29, 0.717) is 29.6 Å². The lowest BCUT2D eigenvalue weighted by molar-refractivity contribution is -0.0504. The molecule has 0 atom stereocenters. The van der Waals surface area contributed by atoms with Gasteiger partial charge in [-0.3, -0.25) is 4.68 Å². The van der Waals surface area contributed by atoms with E-state index in [4.69, 9.17) is 11.6 Å². The first-order chi connectivity index (χ1) is 13.4. The SMILES string of the molecule is CCNC(=NCc1cc(Cl)ccc1OC(F)F)NCCCn1nc(C)cc1C.I. The highest BCUT2D eigenvalue weighted by molar-refractivity contribution is 14.0. The number of hydrogen-bond donors (Lipinski definition) is 2. The Morgan fingerprint density at radius 3 is 2.66 bits per heavy atom. The van der Waals surface area contributed by atoms with E-state index in [0.717, 1.165) is 24.4 Å². The van der Waals surface area contributed by atoms with E-state index in [1.54, 1.807) is 6.07 Å². The molecule has 1 aromatic carbocycles. The summed E-state index contributed by atoms with van der Waals surface area (Å²) in [6.45, 7) is 5.40. The Hall–Kier alpha value is -1.62. The monoisotopic (exact) mass is 541 g/mol. The summed E-state index contributed by atoms with van der Waals surface area (Å²) in [6.07, 6.45) is 0.864. The average molecular weight is 542 g/mol. The Balaban J connectivity index is 0.00000420. The lowest BCUT2D eigenvalue weighted by Gasteiger charge is -2.13. The maximum Gasteiger partial charge on any atom is 0.387 e. The molecule has 2 rings (SSSR count). The van der Waals surface area contributed by atoms with Gasteiger partial charge >= 0.3 is 6.61 Å². The topological polar surface area (TPSA) is 63.5 Å². The van der Waals surface area contributed by atoms with Crippen LogP contribution in [0.25, 0.3) is 0 Å². The summed E-state index contributed by atoms with van der Waals surface area (Å²) in [6, 6.07) is 6.56. The van der Waals surface area contributed by atoms with Gasteiger partial charge < -0.3 is 15.4 Å². The van der Waals surface area contributed by atoms with Gasteiger partial charge in [-0.1, -0.05) is 11.6 Å². The molecule has 0 fully saturated rings. The van der Waals surface area contributed by atoms with Gasteiger partial charge in [-0.15, -0.1) is 24.0 Å². The number of aromatic nitrogens is 2. The van der Waals surface area contributed by atoms with Gasteiger partial charge in [0, 0.05) is 35.9 Å². The van der Waals surface area contributed by atoms with Crippen molar-refractivity contribution in [3.8, 4) is 5.75 Å². The molecule has 0 radical (unpaired) electrons. The van der Waals surface area contributed by atoms with Crippen LogP contribution in [-0.4, -0.2) is 35.4 Å². The van der Waals surface area contributed by atoms with Crippen molar-refractivity contribution >= 4 is 41.5 Å². The van der Waals surface area contributed by atoms with Crippen LogP contribution in [0.5, 0.6) is 5.75 Å². The first-order valence-electron chi connectivity index (χ1n) is 9.15. The minimum Gasteiger partial charge on any atom is -0.434 e. The molecular formula is C19H27ClF2IN5O. The third-order valence-electron chi connectivity index (χ3n) is 3.93. The Morgan fingerprint density at radius 2 is 2.03 bits per heavy atom. The molecular weight excluding hydrogens is 515 g/mol. The van der Waals surface area contributed by atoms with Crippen molar-refractivity contribution in [3.63, 3.8) is 0 Å². The standard InChI is InChI=1S/C19H26ClF2N5O.HI/c1-4-23-19(24-8-5-9-27-14(3)10-13(2)26-27)25-12-15-11-16(20)6-7-17(15)28-18(21)22;/h6-7,10-11,18H,4-5,8-9,12H2,1-3H3,(H2,23,24,25);1H. The van der Waals surface area contributed by atoms with Crippen LogP contribution in [-0.2, 0) is 13.1 Å². The highest BCUT2D eigenvalue weighted by atomic mass is 127. The maximum atomic E-state index is 12.6. The van der Waals surface area contributed by atoms with Crippen molar-refractivity contribution in [1.29, 1.82) is 0 Å². The van der Waals surface area contributed by atoms with Gasteiger partial charge in [-0.2, -0.15) is 13.9 Å². The van der Waals surface area contributed by atoms with Crippen LogP contribution in [0.3, 0.4) is 0 Å². The fraction of sp³-hybridized carbons (Fsp3) is 0.474. The summed E-state index contributed by atoms with van der Waals surface area (Å²) in [5, 5.41) is 11.3. The van der Waals surface area contributed by atoms with Gasteiger partial charge in [0.05, 0.1) is 12.2 Å². The number of nitrogens with zero attached hydrogens (tertiary/aromatic N) is 3.